The molecule has 1 fully saturated rings. The van der Waals surface area contributed by atoms with Crippen molar-refractivity contribution in [2.75, 3.05) is 18.0 Å². The second-order valence-electron chi connectivity index (χ2n) is 9.10. The van der Waals surface area contributed by atoms with Gasteiger partial charge in [-0.15, -0.1) is 0 Å². The van der Waals surface area contributed by atoms with Gasteiger partial charge >= 0.3 is 6.18 Å². The van der Waals surface area contributed by atoms with Crippen molar-refractivity contribution in [3.05, 3.63) is 47.0 Å². The van der Waals surface area contributed by atoms with Crippen LogP contribution in [0.5, 0.6) is 5.75 Å². The van der Waals surface area contributed by atoms with E-state index in [0.29, 0.717) is 48.3 Å². The number of hydrogen-bond donors (Lipinski definition) is 3. The summed E-state index contributed by atoms with van der Waals surface area (Å²) >= 11 is 6.35. The lowest BCUT2D eigenvalue weighted by atomic mass is 9.68. The summed E-state index contributed by atoms with van der Waals surface area (Å²) in [5.74, 6) is -1.04. The first-order valence-corrected chi connectivity index (χ1v) is 11.7. The fourth-order valence-corrected chi connectivity index (χ4v) is 5.55. The third-order valence-electron chi connectivity index (χ3n) is 6.86. The first-order chi connectivity index (χ1) is 17.1. The number of fused-ring (bicyclic) bond motifs is 3. The number of benzene rings is 1. The summed E-state index contributed by atoms with van der Waals surface area (Å²) in [6.45, 7) is -2.03. The number of anilines is 1. The van der Waals surface area contributed by atoms with Gasteiger partial charge in [0.15, 0.2) is 5.65 Å². The van der Waals surface area contributed by atoms with Crippen LogP contribution in [0.25, 0.3) is 11.0 Å². The summed E-state index contributed by atoms with van der Waals surface area (Å²) in [5, 5.41) is 20.5. The zero-order valence-electron chi connectivity index (χ0n) is 18.8. The minimum absolute atomic E-state index is 0.168. The zero-order valence-corrected chi connectivity index (χ0v) is 19.5. The number of ether oxygens (including phenoxy) is 1. The van der Waals surface area contributed by atoms with Gasteiger partial charge in [-0.3, -0.25) is 9.89 Å². The van der Waals surface area contributed by atoms with Gasteiger partial charge in [0.1, 0.15) is 24.3 Å². The van der Waals surface area contributed by atoms with Gasteiger partial charge in [0, 0.05) is 22.1 Å². The smallest absolute Gasteiger partial charge is 0.405 e. The molecule has 0 saturated heterocycles. The van der Waals surface area contributed by atoms with E-state index in [1.54, 1.807) is 17.7 Å². The number of carbonyl (C=O) groups excluding carboxylic acids is 1. The third-order valence-corrected chi connectivity index (χ3v) is 7.23. The van der Waals surface area contributed by atoms with E-state index in [-0.39, 0.29) is 11.1 Å². The molecule has 3 aromatic rings. The van der Waals surface area contributed by atoms with Gasteiger partial charge < -0.3 is 20.1 Å². The molecular formula is C23H22ClF4N5O3. The predicted molar refractivity (Wildman–Crippen MR) is 122 cm³/mol. The first kappa shape index (κ1) is 24.6. The molecule has 1 aliphatic heterocycles. The Morgan fingerprint density at radius 3 is 2.78 bits per heavy atom. The number of aromatic nitrogens is 3. The molecule has 0 bridgehead atoms. The predicted octanol–water partition coefficient (Wildman–Crippen LogP) is 3.83. The highest BCUT2D eigenvalue weighted by Crippen LogP contribution is 2.55. The number of nitrogens with zero attached hydrogens (tertiary/aromatic N) is 3. The number of rotatable bonds is 5. The number of nitrogens with one attached hydrogen (secondary N) is 2. The fourth-order valence-electron chi connectivity index (χ4n) is 5.20. The normalized spacial score (nSPS) is 23.8. The van der Waals surface area contributed by atoms with Gasteiger partial charge in [-0.05, 0) is 43.9 Å². The van der Waals surface area contributed by atoms with Crippen molar-refractivity contribution in [2.24, 2.45) is 0 Å². The maximum Gasteiger partial charge on any atom is 0.405 e. The second kappa shape index (κ2) is 9.07. The highest BCUT2D eigenvalue weighted by atomic mass is 35.5. The van der Waals surface area contributed by atoms with Gasteiger partial charge in [-0.25, -0.2) is 9.37 Å². The number of pyridine rings is 1. The lowest BCUT2D eigenvalue weighted by Gasteiger charge is -2.41. The molecule has 13 heteroatoms. The van der Waals surface area contributed by atoms with E-state index in [1.165, 1.54) is 11.0 Å². The molecule has 1 unspecified atom stereocenters. The standard InChI is InChI=1S/C23H22ClF4N5O3/c24-19-15(25)1-2-16-18(19)22(21(35)33(16)10-17(34)30-11-23(26,27)28)5-3-13(4-6-22)36-14-7-12-8-31-32-20(12)29-9-14/h1-2,7-9,13,21,35H,3-6,10-11H2,(H,30,34)(H,29,31,32). The molecule has 3 heterocycles. The molecule has 2 aliphatic rings. The fraction of sp³-hybridized carbons (Fsp3) is 0.435. The number of alkyl halides is 3. The summed E-state index contributed by atoms with van der Waals surface area (Å²) in [6, 6.07) is 4.31. The monoisotopic (exact) mass is 527 g/mol. The van der Waals surface area contributed by atoms with E-state index in [2.05, 4.69) is 15.2 Å². The molecule has 1 aliphatic carbocycles. The Kier molecular flexibility index (Phi) is 6.19. The molecular weight excluding hydrogens is 506 g/mol. The largest absolute Gasteiger partial charge is 0.489 e. The highest BCUT2D eigenvalue weighted by Gasteiger charge is 2.54. The van der Waals surface area contributed by atoms with Gasteiger partial charge in [-0.1, -0.05) is 11.6 Å². The third kappa shape index (κ3) is 4.43. The van der Waals surface area contributed by atoms with Crippen molar-refractivity contribution < 1.29 is 32.2 Å². The number of amides is 1. The Balaban J connectivity index is 1.35. The molecule has 1 amide bonds. The van der Waals surface area contributed by atoms with Crippen LogP contribution < -0.4 is 15.0 Å². The van der Waals surface area contributed by atoms with Gasteiger partial charge in [0.05, 0.1) is 30.1 Å². The number of halogens is 5. The quantitative estimate of drug-likeness (QED) is 0.436. The van der Waals surface area contributed by atoms with Crippen molar-refractivity contribution in [2.45, 2.75) is 49.6 Å². The van der Waals surface area contributed by atoms with E-state index in [0.717, 1.165) is 11.5 Å². The molecule has 1 atom stereocenters. The van der Waals surface area contributed by atoms with Crippen LogP contribution in [0.3, 0.4) is 0 Å². The first-order valence-electron chi connectivity index (χ1n) is 11.3. The summed E-state index contributed by atoms with van der Waals surface area (Å²) < 4.78 is 58.1. The van der Waals surface area contributed by atoms with Crippen LogP contribution >= 0.6 is 11.6 Å². The minimum Gasteiger partial charge on any atom is -0.489 e. The summed E-state index contributed by atoms with van der Waals surface area (Å²) in [4.78, 5) is 17.8. The molecule has 0 radical (unpaired) electrons. The van der Waals surface area contributed by atoms with E-state index >= 15 is 0 Å². The van der Waals surface area contributed by atoms with Crippen LogP contribution in [-0.4, -0.2) is 57.8 Å². The van der Waals surface area contributed by atoms with Crippen LogP contribution in [0.1, 0.15) is 31.2 Å². The lowest BCUT2D eigenvalue weighted by molar-refractivity contribution is -0.137. The number of aromatic amines is 1. The Labute approximate surface area is 207 Å². The molecule has 5 rings (SSSR count). The molecule has 1 saturated carbocycles. The van der Waals surface area contributed by atoms with Gasteiger partial charge in [-0.2, -0.15) is 18.3 Å². The maximum atomic E-state index is 14.5. The molecule has 3 N–H and O–H groups in total. The van der Waals surface area contributed by atoms with E-state index < -0.39 is 42.6 Å². The number of H-pyrrole nitrogens is 1. The van der Waals surface area contributed by atoms with E-state index in [9.17, 15) is 27.5 Å². The number of carbonyl (C=O) groups is 1. The van der Waals surface area contributed by atoms with Crippen molar-refractivity contribution in [3.63, 3.8) is 0 Å². The summed E-state index contributed by atoms with van der Waals surface area (Å²) in [7, 11) is 0. The van der Waals surface area contributed by atoms with E-state index in [4.69, 9.17) is 16.3 Å². The van der Waals surface area contributed by atoms with Gasteiger partial charge in [0.25, 0.3) is 0 Å². The lowest BCUT2D eigenvalue weighted by Crippen LogP contribution is -2.51. The van der Waals surface area contributed by atoms with Crippen LogP contribution in [0.2, 0.25) is 5.02 Å². The Morgan fingerprint density at radius 1 is 1.31 bits per heavy atom. The minimum atomic E-state index is -4.57. The highest BCUT2D eigenvalue weighted by molar-refractivity contribution is 6.32. The number of hydrogen-bond acceptors (Lipinski definition) is 6. The van der Waals surface area contributed by atoms with Crippen molar-refractivity contribution in [3.8, 4) is 5.75 Å². The zero-order chi connectivity index (χ0) is 25.7. The van der Waals surface area contributed by atoms with Crippen molar-refractivity contribution in [1.82, 2.24) is 20.5 Å². The van der Waals surface area contributed by atoms with Gasteiger partial charge in [0.2, 0.25) is 5.91 Å². The maximum absolute atomic E-state index is 14.5. The van der Waals surface area contributed by atoms with Crippen LogP contribution in [0.4, 0.5) is 23.2 Å². The molecule has 2 aromatic heterocycles. The van der Waals surface area contributed by atoms with E-state index in [1.807, 2.05) is 6.07 Å². The SMILES string of the molecule is O=C(CN1c2ccc(F)c(Cl)c2C2(CCC(Oc3cnc4[nH]ncc4c3)CC2)C1O)NCC(F)(F)F. The topological polar surface area (TPSA) is 103 Å². The molecule has 1 aromatic carbocycles. The van der Waals surface area contributed by atoms with Crippen LogP contribution in [0, 0.1) is 5.82 Å². The average molecular weight is 528 g/mol. The Hall–Kier alpha value is -3.12. The average Bonchev–Trinajstić information content (AvgIpc) is 3.38. The molecule has 192 valence electrons. The molecule has 8 nitrogen and oxygen atoms in total. The number of aliphatic hydroxyl groups excluding tert-OH is 1. The van der Waals surface area contributed by atoms with Crippen molar-refractivity contribution >= 4 is 34.2 Å². The Morgan fingerprint density at radius 2 is 2.06 bits per heavy atom. The van der Waals surface area contributed by atoms with Crippen LogP contribution in [-0.2, 0) is 10.2 Å². The summed E-state index contributed by atoms with van der Waals surface area (Å²) in [5.41, 5.74) is 0.308. The second-order valence-corrected chi connectivity index (χ2v) is 9.48. The Bertz CT molecular complexity index is 1290. The molecule has 1 spiro atoms. The molecule has 36 heavy (non-hydrogen) atoms. The number of aliphatic hydroxyl groups is 1. The summed E-state index contributed by atoms with van der Waals surface area (Å²) in [6.07, 6.45) is -1.16. The van der Waals surface area contributed by atoms with Crippen LogP contribution in [0.15, 0.2) is 30.6 Å². The van der Waals surface area contributed by atoms with Crippen molar-refractivity contribution in [1.29, 1.82) is 0 Å².